The third-order valence-electron chi connectivity index (χ3n) is 0.863. The first kappa shape index (κ1) is 5.80. The third-order valence-corrected chi connectivity index (χ3v) is 1.34. The molecule has 0 atom stereocenters. The van der Waals surface area contributed by atoms with Crippen molar-refractivity contribution in [2.45, 2.75) is 6.92 Å². The van der Waals surface area contributed by atoms with Crippen molar-refractivity contribution in [1.82, 2.24) is 4.98 Å². The van der Waals surface area contributed by atoms with Crippen LogP contribution in [0.25, 0.3) is 0 Å². The Morgan fingerprint density at radius 3 is 2.62 bits per heavy atom. The van der Waals surface area contributed by atoms with Crippen LogP contribution in [-0.4, -0.2) is 21.0 Å². The van der Waals surface area contributed by atoms with E-state index < -0.39 is 0 Å². The van der Waals surface area contributed by atoms with Gasteiger partial charge in [0, 0.05) is 0 Å². The van der Waals surface area contributed by atoms with Gasteiger partial charge < -0.3 is 0 Å². The summed E-state index contributed by atoms with van der Waals surface area (Å²) < 4.78 is 0.963. The molecule has 0 unspecified atom stereocenters. The van der Waals surface area contributed by atoms with Crippen LogP contribution in [0.15, 0.2) is 18.2 Å². The van der Waals surface area contributed by atoms with Gasteiger partial charge in [-0.2, -0.15) is 0 Å². The molecule has 0 aromatic carbocycles. The average Bonchev–Trinajstić information content (AvgIpc) is 1.64. The van der Waals surface area contributed by atoms with Crippen LogP contribution >= 0.6 is 0 Å². The maximum atomic E-state index is 4.12. The second kappa shape index (κ2) is 2.29. The maximum absolute atomic E-state index is 4.12. The molecule has 0 saturated heterocycles. The Bertz CT molecular complexity index is 168. The molecule has 0 spiro atoms. The minimum absolute atomic E-state index is 0.963. The van der Waals surface area contributed by atoms with Gasteiger partial charge in [0.05, 0.1) is 0 Å². The van der Waals surface area contributed by atoms with E-state index in [0.717, 1.165) is 10.3 Å². The van der Waals surface area contributed by atoms with Crippen molar-refractivity contribution in [3.05, 3.63) is 23.9 Å². The molecule has 0 radical (unpaired) electrons. The zero-order chi connectivity index (χ0) is 5.98. The summed E-state index contributed by atoms with van der Waals surface area (Å²) in [6.07, 6.45) is 0. The molecule has 0 N–H and O–H groups in total. The summed E-state index contributed by atoms with van der Waals surface area (Å²) in [5.41, 5.74) is 1.06. The number of hydrogen-bond donors (Lipinski definition) is 0. The molecule has 1 aromatic heterocycles. The first-order valence-electron chi connectivity index (χ1n) is 2.40. The average molecular weight is 171 g/mol. The van der Waals surface area contributed by atoms with E-state index in [2.05, 4.69) is 21.0 Å². The van der Waals surface area contributed by atoms with Crippen LogP contribution in [0, 0.1) is 6.92 Å². The monoisotopic (exact) mass is 172 g/mol. The fraction of sp³-hybridized carbons (Fsp3) is 0.167. The van der Waals surface area contributed by atoms with E-state index in [1.54, 1.807) is 0 Å². The number of pyridine rings is 1. The molecule has 0 aliphatic rings. The van der Waals surface area contributed by atoms with Crippen molar-refractivity contribution < 1.29 is 0 Å². The molecule has 1 aromatic rings. The second-order valence-corrected chi connectivity index (χ2v) is 2.49. The Kier molecular flexibility index (Phi) is 1.66. The van der Waals surface area contributed by atoms with Crippen LogP contribution in [0.1, 0.15) is 5.69 Å². The predicted octanol–water partition coefficient (Wildman–Crippen LogP) is 0.184. The zero-order valence-corrected chi connectivity index (χ0v) is 6.30. The van der Waals surface area contributed by atoms with Gasteiger partial charge in [-0.05, 0) is 0 Å². The van der Waals surface area contributed by atoms with Gasteiger partial charge in [-0.15, -0.1) is 0 Å². The fourth-order valence-electron chi connectivity index (χ4n) is 0.518. The van der Waals surface area contributed by atoms with Crippen LogP contribution < -0.4 is 4.59 Å². The molecule has 0 bridgehead atoms. The topological polar surface area (TPSA) is 12.9 Å². The zero-order valence-electron chi connectivity index (χ0n) is 4.59. The molecule has 1 heterocycles. The molecule has 1 rings (SSSR count). The molecule has 0 aliphatic heterocycles. The Hall–Kier alpha value is -0.331. The van der Waals surface area contributed by atoms with Gasteiger partial charge in [0.2, 0.25) is 0 Å². The summed E-state index contributed by atoms with van der Waals surface area (Å²) >= 11 is 2.83. The van der Waals surface area contributed by atoms with Gasteiger partial charge in [0.15, 0.2) is 0 Å². The van der Waals surface area contributed by atoms with Gasteiger partial charge in [-0.1, -0.05) is 0 Å². The Morgan fingerprint density at radius 2 is 2.25 bits per heavy atom. The normalized spacial score (nSPS) is 9.12. The van der Waals surface area contributed by atoms with Crippen molar-refractivity contribution in [3.8, 4) is 0 Å². The molecule has 0 saturated carbocycles. The molecule has 42 valence electrons. The summed E-state index contributed by atoms with van der Waals surface area (Å²) in [6.45, 7) is 1.97. The fourth-order valence-corrected chi connectivity index (χ4v) is 0.985. The predicted molar refractivity (Wildman–Crippen MR) is 34.4 cm³/mol. The molecule has 1 nitrogen and oxygen atoms in total. The van der Waals surface area contributed by atoms with Gasteiger partial charge in [-0.25, -0.2) is 0 Å². The molecular weight excluding hydrogens is 165 g/mol. The van der Waals surface area contributed by atoms with Crippen molar-refractivity contribution in [1.29, 1.82) is 0 Å². The minimum atomic E-state index is 0.963. The first-order valence-corrected chi connectivity index (χ1v) is 3.25. The van der Waals surface area contributed by atoms with Gasteiger partial charge >= 0.3 is 56.4 Å². The van der Waals surface area contributed by atoms with Gasteiger partial charge in [0.1, 0.15) is 0 Å². The summed E-state index contributed by atoms with van der Waals surface area (Å²) in [7, 11) is 0. The van der Waals surface area contributed by atoms with Crippen LogP contribution in [0.5, 0.6) is 0 Å². The first-order chi connectivity index (χ1) is 3.79. The van der Waals surface area contributed by atoms with Crippen LogP contribution in [-0.2, 0) is 0 Å². The van der Waals surface area contributed by atoms with Crippen molar-refractivity contribution in [2.24, 2.45) is 0 Å². The quantitative estimate of drug-likeness (QED) is 0.507. The summed E-state index contributed by atoms with van der Waals surface area (Å²) in [5.74, 6) is 0. The van der Waals surface area contributed by atoms with E-state index >= 15 is 0 Å². The van der Waals surface area contributed by atoms with Crippen molar-refractivity contribution in [2.75, 3.05) is 0 Å². The number of hydrogen-bond acceptors (Lipinski definition) is 1. The van der Waals surface area contributed by atoms with E-state index in [4.69, 9.17) is 0 Å². The van der Waals surface area contributed by atoms with Crippen LogP contribution in [0.4, 0.5) is 0 Å². The van der Waals surface area contributed by atoms with E-state index in [0.29, 0.717) is 0 Å². The third kappa shape index (κ3) is 1.32. The molecule has 0 fully saturated rings. The Morgan fingerprint density at radius 1 is 1.50 bits per heavy atom. The second-order valence-electron chi connectivity index (χ2n) is 1.62. The van der Waals surface area contributed by atoms with Crippen LogP contribution in [0.2, 0.25) is 0 Å². The molecular formula is C6H6NSe-. The Balaban J connectivity index is 3.08. The number of rotatable bonds is 0. The van der Waals surface area contributed by atoms with Crippen LogP contribution in [0.3, 0.4) is 0 Å². The number of nitrogens with zero attached hydrogens (tertiary/aromatic N) is 1. The SMILES string of the molecule is Cc1cccc([Se-])n1. The van der Waals surface area contributed by atoms with Crippen molar-refractivity contribution in [3.63, 3.8) is 0 Å². The van der Waals surface area contributed by atoms with Gasteiger partial charge in [0.25, 0.3) is 0 Å². The summed E-state index contributed by atoms with van der Waals surface area (Å²) in [4.78, 5) is 4.12. The standard InChI is InChI=1S/C6H7NSe/c1-5-3-2-4-6(8)7-5/h2-4H,1H3,(H,7,8)/p-1. The van der Waals surface area contributed by atoms with Crippen molar-refractivity contribution >= 4 is 20.6 Å². The molecule has 0 aliphatic carbocycles. The van der Waals surface area contributed by atoms with E-state index in [9.17, 15) is 0 Å². The molecule has 0 amide bonds. The Labute approximate surface area is 57.0 Å². The molecule has 2 heteroatoms. The molecule has 8 heavy (non-hydrogen) atoms. The summed E-state index contributed by atoms with van der Waals surface area (Å²) in [5, 5.41) is 0. The van der Waals surface area contributed by atoms with E-state index in [-0.39, 0.29) is 0 Å². The van der Waals surface area contributed by atoms with E-state index in [1.165, 1.54) is 0 Å². The number of aryl methyl sites for hydroxylation is 1. The van der Waals surface area contributed by atoms with Gasteiger partial charge in [-0.3, -0.25) is 0 Å². The summed E-state index contributed by atoms with van der Waals surface area (Å²) in [6, 6.07) is 5.89. The number of aromatic nitrogens is 1. The van der Waals surface area contributed by atoms with E-state index in [1.807, 2.05) is 25.1 Å².